The predicted octanol–water partition coefficient (Wildman–Crippen LogP) is 1.44. The Kier molecular flexibility index (Phi) is 3.23. The van der Waals surface area contributed by atoms with Crippen LogP contribution in [-0.4, -0.2) is 34.9 Å². The molecule has 0 unspecified atom stereocenters. The van der Waals surface area contributed by atoms with Gasteiger partial charge in [-0.25, -0.2) is 0 Å². The summed E-state index contributed by atoms with van der Waals surface area (Å²) in [6.07, 6.45) is 0. The Morgan fingerprint density at radius 2 is 2.25 bits per heavy atom. The first-order valence-corrected chi connectivity index (χ1v) is 7.15. The second-order valence-corrected chi connectivity index (χ2v) is 5.69. The van der Waals surface area contributed by atoms with Crippen molar-refractivity contribution in [3.05, 3.63) is 24.1 Å². The Balaban J connectivity index is 2.03. The van der Waals surface area contributed by atoms with E-state index in [-0.39, 0.29) is 5.91 Å². The Bertz CT molecular complexity index is 670. The maximum Gasteiger partial charge on any atom is 0.247 e. The number of aryl methyl sites for hydroxylation is 1. The fourth-order valence-electron chi connectivity index (χ4n) is 2.07. The second-order valence-electron chi connectivity index (χ2n) is 4.62. The molecule has 3 rings (SSSR count). The van der Waals surface area contributed by atoms with Gasteiger partial charge in [-0.2, -0.15) is 0 Å². The third-order valence-electron chi connectivity index (χ3n) is 3.16. The molecule has 1 aromatic heterocycles. The predicted molar refractivity (Wildman–Crippen MR) is 76.6 cm³/mol. The van der Waals surface area contributed by atoms with E-state index in [9.17, 15) is 4.79 Å². The fourth-order valence-corrected chi connectivity index (χ4v) is 3.14. The van der Waals surface area contributed by atoms with Crippen molar-refractivity contribution < 1.29 is 9.21 Å². The lowest BCUT2D eigenvalue weighted by atomic mass is 10.2. The Hall–Kier alpha value is -1.86. The minimum atomic E-state index is -0.480. The summed E-state index contributed by atoms with van der Waals surface area (Å²) in [5, 5.41) is 7.83. The van der Waals surface area contributed by atoms with Gasteiger partial charge in [-0.3, -0.25) is 4.79 Å². The molecule has 1 amide bonds. The molecule has 1 aliphatic heterocycles. The van der Waals surface area contributed by atoms with Gasteiger partial charge < -0.3 is 15.1 Å². The van der Waals surface area contributed by atoms with Crippen LogP contribution in [-0.2, 0) is 4.79 Å². The van der Waals surface area contributed by atoms with Crippen LogP contribution in [0.3, 0.4) is 0 Å². The minimum absolute atomic E-state index is 0.0716. The number of carbonyl (C=O) groups is 1. The van der Waals surface area contributed by atoms with E-state index in [1.807, 2.05) is 18.2 Å². The number of hydrogen-bond acceptors (Lipinski definition) is 6. The molecule has 0 fully saturated rings. The van der Waals surface area contributed by atoms with E-state index >= 15 is 0 Å². The van der Waals surface area contributed by atoms with Crippen molar-refractivity contribution in [1.82, 2.24) is 10.2 Å². The number of fused-ring (bicyclic) bond motifs is 1. The van der Waals surface area contributed by atoms with Crippen LogP contribution in [0.1, 0.15) is 5.89 Å². The van der Waals surface area contributed by atoms with Crippen LogP contribution in [0.25, 0.3) is 11.5 Å². The van der Waals surface area contributed by atoms with Crippen LogP contribution >= 0.6 is 11.8 Å². The first-order chi connectivity index (χ1) is 9.56. The van der Waals surface area contributed by atoms with Crippen LogP contribution in [0.4, 0.5) is 5.69 Å². The lowest BCUT2D eigenvalue weighted by Crippen LogP contribution is -2.42. The summed E-state index contributed by atoms with van der Waals surface area (Å²) in [5.41, 5.74) is 7.54. The number of rotatable bonds is 1. The highest BCUT2D eigenvalue weighted by Gasteiger charge is 2.26. The average molecular weight is 290 g/mol. The highest BCUT2D eigenvalue weighted by atomic mass is 32.2. The van der Waals surface area contributed by atoms with Gasteiger partial charge in [-0.1, -0.05) is 0 Å². The van der Waals surface area contributed by atoms with Crippen molar-refractivity contribution in [1.29, 1.82) is 0 Å². The van der Waals surface area contributed by atoms with Gasteiger partial charge >= 0.3 is 0 Å². The zero-order valence-electron chi connectivity index (χ0n) is 11.2. The van der Waals surface area contributed by atoms with Crippen LogP contribution < -0.4 is 10.6 Å². The van der Waals surface area contributed by atoms with Gasteiger partial charge in [0, 0.05) is 30.2 Å². The molecular weight excluding hydrogens is 276 g/mol. The first kappa shape index (κ1) is 13.1. The molecule has 0 saturated carbocycles. The molecule has 0 spiro atoms. The van der Waals surface area contributed by atoms with Crippen molar-refractivity contribution in [2.75, 3.05) is 17.7 Å². The number of thioether (sulfide) groups is 1. The maximum absolute atomic E-state index is 12.0. The number of nitrogens with zero attached hydrogens (tertiary/aromatic N) is 3. The van der Waals surface area contributed by atoms with Gasteiger partial charge in [-0.15, -0.1) is 22.0 Å². The molecule has 0 saturated heterocycles. The van der Waals surface area contributed by atoms with Crippen LogP contribution in [0.2, 0.25) is 0 Å². The minimum Gasteiger partial charge on any atom is -0.421 e. The van der Waals surface area contributed by atoms with E-state index in [0.29, 0.717) is 17.5 Å². The molecule has 2 N–H and O–H groups in total. The molecule has 7 heteroatoms. The first-order valence-electron chi connectivity index (χ1n) is 6.17. The second kappa shape index (κ2) is 4.92. The highest BCUT2D eigenvalue weighted by molar-refractivity contribution is 7.99. The lowest BCUT2D eigenvalue weighted by molar-refractivity contribution is -0.119. The number of carbonyl (C=O) groups excluding carboxylic acids is 1. The van der Waals surface area contributed by atoms with Crippen LogP contribution in [0.15, 0.2) is 27.5 Å². The number of anilines is 1. The average Bonchev–Trinajstić information content (AvgIpc) is 2.85. The molecule has 6 nitrogen and oxygen atoms in total. The van der Waals surface area contributed by atoms with Crippen molar-refractivity contribution in [2.24, 2.45) is 5.73 Å². The summed E-state index contributed by atoms with van der Waals surface area (Å²) in [4.78, 5) is 14.6. The van der Waals surface area contributed by atoms with Gasteiger partial charge in [0.05, 0.1) is 11.7 Å². The van der Waals surface area contributed by atoms with Crippen molar-refractivity contribution in [2.45, 2.75) is 17.9 Å². The molecule has 104 valence electrons. The summed E-state index contributed by atoms with van der Waals surface area (Å²) < 4.78 is 5.42. The number of hydrogen-bond donors (Lipinski definition) is 1. The van der Waals surface area contributed by atoms with E-state index in [2.05, 4.69) is 10.2 Å². The summed E-state index contributed by atoms with van der Waals surface area (Å²) in [7, 11) is 1.74. The van der Waals surface area contributed by atoms with Gasteiger partial charge in [-0.05, 0) is 18.2 Å². The summed E-state index contributed by atoms with van der Waals surface area (Å²) in [6.45, 7) is 1.75. The quantitative estimate of drug-likeness (QED) is 0.855. The highest BCUT2D eigenvalue weighted by Crippen LogP contribution is 2.36. The maximum atomic E-state index is 12.0. The van der Waals surface area contributed by atoms with Gasteiger partial charge in [0.1, 0.15) is 0 Å². The van der Waals surface area contributed by atoms with Gasteiger partial charge in [0.2, 0.25) is 17.7 Å². The van der Waals surface area contributed by atoms with Crippen LogP contribution in [0.5, 0.6) is 0 Å². The van der Waals surface area contributed by atoms with Crippen molar-refractivity contribution >= 4 is 23.4 Å². The van der Waals surface area contributed by atoms with Gasteiger partial charge in [0.15, 0.2) is 0 Å². The number of benzene rings is 1. The van der Waals surface area contributed by atoms with E-state index in [1.165, 1.54) is 0 Å². The topological polar surface area (TPSA) is 85.2 Å². The molecular formula is C13H14N4O2S. The largest absolute Gasteiger partial charge is 0.421 e. The van der Waals surface area contributed by atoms with Crippen molar-refractivity contribution in [3.8, 4) is 11.5 Å². The molecule has 1 aliphatic rings. The monoisotopic (exact) mass is 290 g/mol. The number of likely N-dealkylation sites (N-methyl/N-ethyl adjacent to an activating group) is 1. The molecule has 0 bridgehead atoms. The molecule has 2 aromatic rings. The summed E-state index contributed by atoms with van der Waals surface area (Å²) in [6, 6.07) is 5.22. The zero-order valence-corrected chi connectivity index (χ0v) is 12.0. The smallest absolute Gasteiger partial charge is 0.247 e. The Morgan fingerprint density at radius 3 is 2.95 bits per heavy atom. The third kappa shape index (κ3) is 2.19. The molecule has 1 aromatic carbocycles. The van der Waals surface area contributed by atoms with Gasteiger partial charge in [0.25, 0.3) is 0 Å². The molecule has 2 heterocycles. The molecule has 20 heavy (non-hydrogen) atoms. The number of nitrogens with two attached hydrogens (primary N) is 1. The summed E-state index contributed by atoms with van der Waals surface area (Å²) in [5.74, 6) is 1.49. The Labute approximate surface area is 120 Å². The molecule has 0 radical (unpaired) electrons. The van der Waals surface area contributed by atoms with Crippen molar-refractivity contribution in [3.63, 3.8) is 0 Å². The van der Waals surface area contributed by atoms with E-state index in [1.54, 1.807) is 30.6 Å². The summed E-state index contributed by atoms with van der Waals surface area (Å²) >= 11 is 1.56. The molecule has 0 aliphatic carbocycles. The number of amides is 1. The number of aromatic nitrogens is 2. The SMILES string of the molecule is Cc1nnc(-c2ccc3c(c2)SC[C@H](N)C(=O)N3C)o1. The Morgan fingerprint density at radius 1 is 1.45 bits per heavy atom. The standard InChI is InChI=1S/C13H14N4O2S/c1-7-15-16-12(19-7)8-3-4-10-11(5-8)20-6-9(14)13(18)17(10)2/h3-5,9H,6,14H2,1-2H3/t9-/m0/s1. The zero-order chi connectivity index (χ0) is 14.3. The van der Waals surface area contributed by atoms with E-state index < -0.39 is 6.04 Å². The normalized spacial score (nSPS) is 18.9. The third-order valence-corrected chi connectivity index (χ3v) is 4.32. The lowest BCUT2D eigenvalue weighted by Gasteiger charge is -2.18. The fraction of sp³-hybridized carbons (Fsp3) is 0.308. The van der Waals surface area contributed by atoms with E-state index in [0.717, 1.165) is 16.1 Å². The van der Waals surface area contributed by atoms with Crippen LogP contribution in [0, 0.1) is 6.92 Å². The molecule has 1 atom stereocenters. The van der Waals surface area contributed by atoms with E-state index in [4.69, 9.17) is 10.2 Å².